The molecule has 2 heterocycles. The molecule has 1 fully saturated rings. The Morgan fingerprint density at radius 3 is 3.11 bits per heavy atom. The molecule has 1 N–H and O–H groups in total. The van der Waals surface area contributed by atoms with E-state index in [4.69, 9.17) is 4.74 Å². The first-order valence-corrected chi connectivity index (χ1v) is 6.72. The van der Waals surface area contributed by atoms with Gasteiger partial charge < -0.3 is 15.0 Å². The fourth-order valence-electron chi connectivity index (χ4n) is 2.30. The molecule has 19 heavy (non-hydrogen) atoms. The van der Waals surface area contributed by atoms with Crippen molar-refractivity contribution >= 4 is 11.7 Å². The van der Waals surface area contributed by atoms with Crippen LogP contribution in [0.25, 0.3) is 0 Å². The topological polar surface area (TPSA) is 54.5 Å². The van der Waals surface area contributed by atoms with Gasteiger partial charge in [0.25, 0.3) is 5.91 Å². The van der Waals surface area contributed by atoms with Crippen LogP contribution >= 0.6 is 0 Å². The van der Waals surface area contributed by atoms with Gasteiger partial charge in [-0.2, -0.15) is 0 Å². The summed E-state index contributed by atoms with van der Waals surface area (Å²) in [5.74, 6) is 0.765. The van der Waals surface area contributed by atoms with Crippen molar-refractivity contribution in [3.63, 3.8) is 0 Å². The predicted molar refractivity (Wildman–Crippen MR) is 74.3 cm³/mol. The van der Waals surface area contributed by atoms with Crippen LogP contribution in [0.2, 0.25) is 0 Å². The molecule has 0 aromatic carbocycles. The van der Waals surface area contributed by atoms with Gasteiger partial charge in [0.15, 0.2) is 0 Å². The molecule has 2 atom stereocenters. The molecule has 5 nitrogen and oxygen atoms in total. The average molecular weight is 263 g/mol. The summed E-state index contributed by atoms with van der Waals surface area (Å²) in [4.78, 5) is 18.7. The fourth-order valence-corrected chi connectivity index (χ4v) is 2.30. The Bertz CT molecular complexity index is 450. The fraction of sp³-hybridized carbons (Fsp3) is 0.571. The van der Waals surface area contributed by atoms with Crippen LogP contribution in [0.1, 0.15) is 30.6 Å². The van der Waals surface area contributed by atoms with E-state index in [-0.39, 0.29) is 18.1 Å². The first kappa shape index (κ1) is 13.8. The summed E-state index contributed by atoms with van der Waals surface area (Å²) >= 11 is 0. The van der Waals surface area contributed by atoms with Gasteiger partial charge in [0.1, 0.15) is 5.82 Å². The molecule has 0 bridgehead atoms. The van der Waals surface area contributed by atoms with E-state index in [9.17, 15) is 4.79 Å². The Morgan fingerprint density at radius 2 is 2.42 bits per heavy atom. The molecule has 1 aliphatic rings. The number of carbonyl (C=O) groups excluding carboxylic acids is 1. The van der Waals surface area contributed by atoms with E-state index in [1.165, 1.54) is 0 Å². The minimum absolute atomic E-state index is 0.0564. The maximum atomic E-state index is 12.6. The molecule has 1 aliphatic heterocycles. The van der Waals surface area contributed by atoms with Gasteiger partial charge in [-0.3, -0.25) is 4.79 Å². The number of morpholine rings is 1. The number of carbonyl (C=O) groups is 1. The van der Waals surface area contributed by atoms with Crippen molar-refractivity contribution in [1.29, 1.82) is 0 Å². The van der Waals surface area contributed by atoms with E-state index in [1.807, 2.05) is 11.8 Å². The summed E-state index contributed by atoms with van der Waals surface area (Å²) < 4.78 is 5.62. The van der Waals surface area contributed by atoms with E-state index < -0.39 is 0 Å². The highest BCUT2D eigenvalue weighted by Crippen LogP contribution is 2.18. The third-order valence-electron chi connectivity index (χ3n) is 3.46. The summed E-state index contributed by atoms with van der Waals surface area (Å²) in [6, 6.07) is 3.71. The van der Waals surface area contributed by atoms with Crippen LogP contribution in [0.3, 0.4) is 0 Å². The number of anilines is 1. The number of ether oxygens (including phenoxy) is 1. The van der Waals surface area contributed by atoms with Crippen LogP contribution in [0, 0.1) is 0 Å². The standard InChI is InChI=1S/C14H21N3O2/c1-4-12-9-19-10(2)8-17(12)14(18)11-5-6-16-13(7-11)15-3/h5-7,10,12H,4,8-9H2,1-3H3,(H,15,16). The van der Waals surface area contributed by atoms with Crippen molar-refractivity contribution < 1.29 is 9.53 Å². The first-order valence-electron chi connectivity index (χ1n) is 6.72. The molecule has 0 aliphatic carbocycles. The van der Waals surface area contributed by atoms with Gasteiger partial charge in [-0.15, -0.1) is 0 Å². The van der Waals surface area contributed by atoms with Crippen molar-refractivity contribution in [1.82, 2.24) is 9.88 Å². The van der Waals surface area contributed by atoms with Crippen molar-refractivity contribution in [2.75, 3.05) is 25.5 Å². The summed E-state index contributed by atoms with van der Waals surface area (Å²) in [6.45, 7) is 5.34. The molecule has 5 heteroatoms. The monoisotopic (exact) mass is 263 g/mol. The van der Waals surface area contributed by atoms with Crippen LogP contribution < -0.4 is 5.32 Å². The normalized spacial score (nSPS) is 23.2. The largest absolute Gasteiger partial charge is 0.375 e. The van der Waals surface area contributed by atoms with E-state index in [1.54, 1.807) is 25.4 Å². The van der Waals surface area contributed by atoms with Gasteiger partial charge in [-0.05, 0) is 25.5 Å². The Hall–Kier alpha value is -1.62. The molecule has 2 rings (SSSR count). The van der Waals surface area contributed by atoms with E-state index >= 15 is 0 Å². The molecule has 0 radical (unpaired) electrons. The van der Waals surface area contributed by atoms with Gasteiger partial charge in [-0.1, -0.05) is 6.92 Å². The zero-order chi connectivity index (χ0) is 13.8. The highest BCUT2D eigenvalue weighted by Gasteiger charge is 2.30. The van der Waals surface area contributed by atoms with E-state index in [2.05, 4.69) is 17.2 Å². The predicted octanol–water partition coefficient (Wildman–Crippen LogP) is 1.76. The highest BCUT2D eigenvalue weighted by atomic mass is 16.5. The Labute approximate surface area is 114 Å². The molecule has 1 aromatic rings. The smallest absolute Gasteiger partial charge is 0.254 e. The molecular weight excluding hydrogens is 242 g/mol. The molecule has 1 amide bonds. The molecule has 1 saturated heterocycles. The van der Waals surface area contributed by atoms with Gasteiger partial charge in [-0.25, -0.2) is 4.98 Å². The lowest BCUT2D eigenvalue weighted by molar-refractivity contribution is -0.0444. The molecule has 0 spiro atoms. The van der Waals surface area contributed by atoms with Gasteiger partial charge in [0.2, 0.25) is 0 Å². The minimum Gasteiger partial charge on any atom is -0.375 e. The summed E-state index contributed by atoms with van der Waals surface area (Å²) in [5, 5.41) is 2.95. The number of nitrogens with zero attached hydrogens (tertiary/aromatic N) is 2. The number of aromatic nitrogens is 1. The third-order valence-corrected chi connectivity index (χ3v) is 3.46. The molecule has 104 valence electrons. The zero-order valence-electron chi connectivity index (χ0n) is 11.7. The number of hydrogen-bond acceptors (Lipinski definition) is 4. The van der Waals surface area contributed by atoms with Crippen molar-refractivity contribution in [2.45, 2.75) is 32.4 Å². The lowest BCUT2D eigenvalue weighted by Crippen LogP contribution is -2.51. The number of pyridine rings is 1. The average Bonchev–Trinajstić information content (AvgIpc) is 2.46. The van der Waals surface area contributed by atoms with Gasteiger partial charge in [0.05, 0.1) is 18.8 Å². The second-order valence-corrected chi connectivity index (χ2v) is 4.84. The van der Waals surface area contributed by atoms with Crippen LogP contribution in [0.5, 0.6) is 0 Å². The summed E-state index contributed by atoms with van der Waals surface area (Å²) in [7, 11) is 1.79. The Balaban J connectivity index is 2.20. The van der Waals surface area contributed by atoms with E-state index in [0.717, 1.165) is 6.42 Å². The number of amides is 1. The number of hydrogen-bond donors (Lipinski definition) is 1. The number of nitrogens with one attached hydrogen (secondary N) is 1. The minimum atomic E-state index is 0.0564. The van der Waals surface area contributed by atoms with Crippen molar-refractivity contribution in [3.05, 3.63) is 23.9 Å². The molecule has 0 saturated carbocycles. The lowest BCUT2D eigenvalue weighted by Gasteiger charge is -2.38. The Morgan fingerprint density at radius 1 is 1.63 bits per heavy atom. The second kappa shape index (κ2) is 6.02. The van der Waals surface area contributed by atoms with Crippen LogP contribution in [-0.2, 0) is 4.74 Å². The van der Waals surface area contributed by atoms with Crippen molar-refractivity contribution in [3.8, 4) is 0 Å². The van der Waals surface area contributed by atoms with Crippen LogP contribution in [0.15, 0.2) is 18.3 Å². The lowest BCUT2D eigenvalue weighted by atomic mass is 10.1. The van der Waals surface area contributed by atoms with Gasteiger partial charge in [0, 0.05) is 25.4 Å². The maximum absolute atomic E-state index is 12.6. The van der Waals surface area contributed by atoms with Crippen molar-refractivity contribution in [2.24, 2.45) is 0 Å². The van der Waals surface area contributed by atoms with Gasteiger partial charge >= 0.3 is 0 Å². The molecular formula is C14H21N3O2. The SMILES string of the molecule is CCC1COC(C)CN1C(=O)c1ccnc(NC)c1. The first-order chi connectivity index (χ1) is 9.15. The van der Waals surface area contributed by atoms with E-state index in [0.29, 0.717) is 24.5 Å². The highest BCUT2D eigenvalue weighted by molar-refractivity contribution is 5.95. The Kier molecular flexibility index (Phi) is 4.37. The summed E-state index contributed by atoms with van der Waals surface area (Å²) in [5.41, 5.74) is 0.673. The quantitative estimate of drug-likeness (QED) is 0.903. The van der Waals surface area contributed by atoms with Crippen LogP contribution in [0.4, 0.5) is 5.82 Å². The zero-order valence-corrected chi connectivity index (χ0v) is 11.7. The maximum Gasteiger partial charge on any atom is 0.254 e. The molecule has 1 aromatic heterocycles. The second-order valence-electron chi connectivity index (χ2n) is 4.84. The summed E-state index contributed by atoms with van der Waals surface area (Å²) in [6.07, 6.45) is 2.66. The molecule has 2 unspecified atom stereocenters. The third kappa shape index (κ3) is 3.04. The number of rotatable bonds is 3. The van der Waals surface area contributed by atoms with Crippen LogP contribution in [-0.4, -0.2) is 48.1 Å².